The van der Waals surface area contributed by atoms with Crippen LogP contribution < -0.4 is 4.74 Å². The van der Waals surface area contributed by atoms with E-state index in [0.29, 0.717) is 0 Å². The standard InChI is InChI=1S/C9H9Cl2NO5S/c1-17-8-3-2-6(4-7(8)12(13)14)18(15,16)5-9(10)11/h2-4,9H,5H2,1H3. The predicted octanol–water partition coefficient (Wildman–Crippen LogP) is 2.18. The summed E-state index contributed by atoms with van der Waals surface area (Å²) in [5.74, 6) is -0.535. The quantitative estimate of drug-likeness (QED) is 0.472. The topological polar surface area (TPSA) is 86.5 Å². The number of hydrogen-bond acceptors (Lipinski definition) is 5. The molecule has 0 unspecified atom stereocenters. The van der Waals surface area contributed by atoms with Gasteiger partial charge in [-0.1, -0.05) is 0 Å². The van der Waals surface area contributed by atoms with E-state index in [1.807, 2.05) is 0 Å². The molecule has 0 N–H and O–H groups in total. The number of rotatable bonds is 5. The molecule has 1 aromatic carbocycles. The van der Waals surface area contributed by atoms with Crippen molar-refractivity contribution in [1.29, 1.82) is 0 Å². The third-order valence-corrected chi connectivity index (χ3v) is 4.47. The molecular weight excluding hydrogens is 305 g/mol. The van der Waals surface area contributed by atoms with E-state index in [2.05, 4.69) is 0 Å². The van der Waals surface area contributed by atoms with Gasteiger partial charge in [0.05, 0.1) is 22.7 Å². The number of sulfone groups is 1. The minimum Gasteiger partial charge on any atom is -0.490 e. The maximum atomic E-state index is 11.8. The Morgan fingerprint density at radius 1 is 1.44 bits per heavy atom. The highest BCUT2D eigenvalue weighted by molar-refractivity contribution is 7.91. The highest BCUT2D eigenvalue weighted by Crippen LogP contribution is 2.30. The van der Waals surface area contributed by atoms with E-state index in [9.17, 15) is 18.5 Å². The lowest BCUT2D eigenvalue weighted by atomic mass is 10.3. The van der Waals surface area contributed by atoms with Gasteiger partial charge in [0.1, 0.15) is 4.84 Å². The van der Waals surface area contributed by atoms with Crippen molar-refractivity contribution in [3.8, 4) is 5.75 Å². The van der Waals surface area contributed by atoms with E-state index in [-0.39, 0.29) is 10.6 Å². The summed E-state index contributed by atoms with van der Waals surface area (Å²) in [6, 6.07) is 3.34. The van der Waals surface area contributed by atoms with Crippen LogP contribution in [0.25, 0.3) is 0 Å². The third kappa shape index (κ3) is 3.47. The molecule has 0 fully saturated rings. The molecule has 0 amide bonds. The molecule has 0 aliphatic rings. The van der Waals surface area contributed by atoms with Crippen LogP contribution in [0.1, 0.15) is 0 Å². The number of halogens is 2. The van der Waals surface area contributed by atoms with Crippen LogP contribution in [0.4, 0.5) is 5.69 Å². The zero-order valence-electron chi connectivity index (χ0n) is 9.17. The summed E-state index contributed by atoms with van der Waals surface area (Å²) < 4.78 is 28.3. The second kappa shape index (κ2) is 5.73. The molecule has 6 nitrogen and oxygen atoms in total. The first-order chi connectivity index (χ1) is 8.27. The van der Waals surface area contributed by atoms with Crippen molar-refractivity contribution in [1.82, 2.24) is 0 Å². The van der Waals surface area contributed by atoms with E-state index in [1.165, 1.54) is 19.2 Å². The van der Waals surface area contributed by atoms with E-state index < -0.39 is 31.0 Å². The molecule has 0 bridgehead atoms. The second-order valence-corrected chi connectivity index (χ2v) is 6.57. The van der Waals surface area contributed by atoms with Gasteiger partial charge in [-0.05, 0) is 12.1 Å². The van der Waals surface area contributed by atoms with Crippen LogP contribution in [0, 0.1) is 10.1 Å². The number of ether oxygens (including phenoxy) is 1. The third-order valence-electron chi connectivity index (χ3n) is 2.05. The molecule has 0 aromatic heterocycles. The summed E-state index contributed by atoms with van der Waals surface area (Å²) in [6.45, 7) is 0. The lowest BCUT2D eigenvalue weighted by Crippen LogP contribution is -2.12. The first-order valence-electron chi connectivity index (χ1n) is 4.61. The van der Waals surface area contributed by atoms with E-state index in [0.717, 1.165) is 6.07 Å². The molecule has 18 heavy (non-hydrogen) atoms. The Morgan fingerprint density at radius 3 is 2.50 bits per heavy atom. The fourth-order valence-electron chi connectivity index (χ4n) is 1.27. The lowest BCUT2D eigenvalue weighted by molar-refractivity contribution is -0.386. The Labute approximate surface area is 114 Å². The molecule has 9 heteroatoms. The molecule has 0 radical (unpaired) electrons. The zero-order valence-corrected chi connectivity index (χ0v) is 11.5. The summed E-state index contributed by atoms with van der Waals surface area (Å²) >= 11 is 10.8. The van der Waals surface area contributed by atoms with Gasteiger partial charge in [-0.15, -0.1) is 23.2 Å². The fraction of sp³-hybridized carbons (Fsp3) is 0.333. The van der Waals surface area contributed by atoms with Crippen LogP contribution in [0.15, 0.2) is 23.1 Å². The van der Waals surface area contributed by atoms with Crippen molar-refractivity contribution in [2.45, 2.75) is 9.73 Å². The molecular formula is C9H9Cl2NO5S. The molecule has 0 spiro atoms. The minimum absolute atomic E-state index is 0.0211. The summed E-state index contributed by atoms with van der Waals surface area (Å²) in [6.07, 6.45) is 0. The van der Waals surface area contributed by atoms with Crippen LogP contribution in [0.2, 0.25) is 0 Å². The molecule has 0 aliphatic heterocycles. The van der Waals surface area contributed by atoms with Gasteiger partial charge >= 0.3 is 5.69 Å². The van der Waals surface area contributed by atoms with Crippen molar-refractivity contribution in [2.75, 3.05) is 12.9 Å². The summed E-state index contributed by atoms with van der Waals surface area (Å²) in [5, 5.41) is 10.8. The van der Waals surface area contributed by atoms with Crippen molar-refractivity contribution in [3.05, 3.63) is 28.3 Å². The molecule has 0 saturated heterocycles. The number of hydrogen-bond donors (Lipinski definition) is 0. The van der Waals surface area contributed by atoms with Crippen molar-refractivity contribution in [3.63, 3.8) is 0 Å². The first kappa shape index (κ1) is 15.0. The average molecular weight is 314 g/mol. The number of nitrogens with zero attached hydrogens (tertiary/aromatic N) is 1. The van der Waals surface area contributed by atoms with E-state index in [4.69, 9.17) is 27.9 Å². The molecule has 0 saturated carbocycles. The molecule has 0 heterocycles. The number of alkyl halides is 2. The maximum absolute atomic E-state index is 11.8. The summed E-state index contributed by atoms with van der Waals surface area (Å²) in [7, 11) is -2.51. The van der Waals surface area contributed by atoms with Crippen LogP contribution in [0.5, 0.6) is 5.75 Å². The SMILES string of the molecule is COc1ccc(S(=O)(=O)CC(Cl)Cl)cc1[N+](=O)[O-]. The number of methoxy groups -OCH3 is 1. The Bertz CT molecular complexity index is 558. The van der Waals surface area contributed by atoms with Gasteiger partial charge in [0.2, 0.25) is 0 Å². The normalized spacial score (nSPS) is 11.6. The van der Waals surface area contributed by atoms with Crippen LogP contribution in [0.3, 0.4) is 0 Å². The Balaban J connectivity index is 3.28. The lowest BCUT2D eigenvalue weighted by Gasteiger charge is -2.06. The van der Waals surface area contributed by atoms with Crippen molar-refractivity contribution < 1.29 is 18.1 Å². The number of nitro groups is 1. The van der Waals surface area contributed by atoms with Crippen LogP contribution in [-0.4, -0.2) is 31.0 Å². The smallest absolute Gasteiger partial charge is 0.312 e. The van der Waals surface area contributed by atoms with Gasteiger partial charge in [0.25, 0.3) is 0 Å². The first-order valence-corrected chi connectivity index (χ1v) is 7.14. The number of nitro benzene ring substituents is 1. The average Bonchev–Trinajstić information content (AvgIpc) is 2.26. The van der Waals surface area contributed by atoms with Gasteiger partial charge < -0.3 is 4.74 Å². The number of benzene rings is 1. The van der Waals surface area contributed by atoms with E-state index >= 15 is 0 Å². The summed E-state index contributed by atoms with van der Waals surface area (Å²) in [4.78, 5) is 8.71. The van der Waals surface area contributed by atoms with Crippen LogP contribution in [-0.2, 0) is 9.84 Å². The Hall–Kier alpha value is -1.05. The van der Waals surface area contributed by atoms with Gasteiger partial charge in [0.15, 0.2) is 15.6 Å². The largest absolute Gasteiger partial charge is 0.490 e. The monoisotopic (exact) mass is 313 g/mol. The Morgan fingerprint density at radius 2 is 2.06 bits per heavy atom. The predicted molar refractivity (Wildman–Crippen MR) is 67.2 cm³/mol. The second-order valence-electron chi connectivity index (χ2n) is 3.26. The highest BCUT2D eigenvalue weighted by atomic mass is 35.5. The minimum atomic E-state index is -3.76. The Kier molecular flexibility index (Phi) is 4.78. The van der Waals surface area contributed by atoms with E-state index in [1.54, 1.807) is 0 Å². The van der Waals surface area contributed by atoms with Gasteiger partial charge in [-0.25, -0.2) is 8.42 Å². The molecule has 1 rings (SSSR count). The van der Waals surface area contributed by atoms with Gasteiger partial charge in [-0.2, -0.15) is 0 Å². The highest BCUT2D eigenvalue weighted by Gasteiger charge is 2.23. The molecule has 0 atom stereocenters. The summed E-state index contributed by atoms with van der Waals surface area (Å²) in [5.41, 5.74) is -0.431. The van der Waals surface area contributed by atoms with Gasteiger partial charge in [0, 0.05) is 6.07 Å². The maximum Gasteiger partial charge on any atom is 0.312 e. The van der Waals surface area contributed by atoms with Crippen molar-refractivity contribution in [2.24, 2.45) is 0 Å². The van der Waals surface area contributed by atoms with Crippen LogP contribution >= 0.6 is 23.2 Å². The fourth-order valence-corrected chi connectivity index (χ4v) is 3.35. The van der Waals surface area contributed by atoms with Crippen molar-refractivity contribution >= 4 is 38.7 Å². The zero-order chi connectivity index (χ0) is 13.9. The van der Waals surface area contributed by atoms with Gasteiger partial charge in [-0.3, -0.25) is 10.1 Å². The molecule has 1 aromatic rings. The molecule has 100 valence electrons. The molecule has 0 aliphatic carbocycles.